The molecule has 0 aromatic heterocycles. The quantitative estimate of drug-likeness (QED) is 0.466. The maximum Gasteiger partial charge on any atom is 0.206 e. The van der Waals surface area contributed by atoms with E-state index in [-0.39, 0.29) is 16.4 Å². The second kappa shape index (κ2) is 7.38. The van der Waals surface area contributed by atoms with E-state index in [0.29, 0.717) is 16.3 Å². The fraction of sp³-hybridized carbons (Fsp3) is 0.100. The molecule has 5 nitrogen and oxygen atoms in total. The van der Waals surface area contributed by atoms with Gasteiger partial charge in [0.1, 0.15) is 16.7 Å². The minimum Gasteiger partial charge on any atom is -0.292 e. The van der Waals surface area contributed by atoms with E-state index in [9.17, 15) is 14.9 Å². The summed E-state index contributed by atoms with van der Waals surface area (Å²) in [4.78, 5) is 24.6. The Labute approximate surface area is 155 Å². The van der Waals surface area contributed by atoms with Crippen LogP contribution in [0.5, 0.6) is 0 Å². The average molecular weight is 361 g/mol. The Hall–Kier alpha value is -3.17. The van der Waals surface area contributed by atoms with Gasteiger partial charge in [-0.25, -0.2) is 5.01 Å². The van der Waals surface area contributed by atoms with E-state index in [1.54, 1.807) is 30.3 Å². The molecular formula is C20H15N3O2S. The van der Waals surface area contributed by atoms with Crippen molar-refractivity contribution >= 4 is 34.1 Å². The topological polar surface area (TPSA) is 73.5 Å². The summed E-state index contributed by atoms with van der Waals surface area (Å²) in [7, 11) is 0. The predicted octanol–water partition coefficient (Wildman–Crippen LogP) is 4.07. The summed E-state index contributed by atoms with van der Waals surface area (Å²) in [6.45, 7) is 3.37. The highest BCUT2D eigenvalue weighted by Gasteiger charge is 2.31. The van der Waals surface area contributed by atoms with Gasteiger partial charge in [0, 0.05) is 12.5 Å². The standard InChI is InChI=1S/C20H15N3O2S/c1-13-8-10-16(11-9-13)23-20(26-19(22-23)14(2)24)17(12-21)18(25)15-6-4-3-5-7-15/h3-11H,1-2H3/b20-17-. The number of nitrogens with zero attached hydrogens (tertiary/aromatic N) is 3. The monoisotopic (exact) mass is 361 g/mol. The van der Waals surface area contributed by atoms with Gasteiger partial charge >= 0.3 is 0 Å². The van der Waals surface area contributed by atoms with E-state index >= 15 is 0 Å². The van der Waals surface area contributed by atoms with Crippen molar-refractivity contribution in [1.82, 2.24) is 0 Å². The Bertz CT molecular complexity index is 970. The molecule has 0 saturated carbocycles. The van der Waals surface area contributed by atoms with Crippen LogP contribution in [0.1, 0.15) is 22.8 Å². The Morgan fingerprint density at radius 3 is 2.31 bits per heavy atom. The number of anilines is 1. The van der Waals surface area contributed by atoms with Crippen LogP contribution in [0.4, 0.5) is 5.69 Å². The minimum absolute atomic E-state index is 0.0400. The third-order valence-electron chi connectivity index (χ3n) is 3.74. The lowest BCUT2D eigenvalue weighted by atomic mass is 10.1. The summed E-state index contributed by atoms with van der Waals surface area (Å²) in [5.74, 6) is -0.612. The average Bonchev–Trinajstić information content (AvgIpc) is 3.09. The first-order valence-electron chi connectivity index (χ1n) is 7.89. The van der Waals surface area contributed by atoms with Crippen molar-refractivity contribution in [3.05, 3.63) is 76.3 Å². The molecule has 1 aliphatic rings. The van der Waals surface area contributed by atoms with Gasteiger partial charge in [0.25, 0.3) is 0 Å². The number of carbonyl (C=O) groups is 2. The minimum atomic E-state index is -0.396. The second-order valence-electron chi connectivity index (χ2n) is 5.70. The molecule has 26 heavy (non-hydrogen) atoms. The van der Waals surface area contributed by atoms with E-state index in [1.807, 2.05) is 37.3 Å². The maximum absolute atomic E-state index is 12.8. The normalized spacial score (nSPS) is 15.3. The molecule has 0 spiro atoms. The van der Waals surface area contributed by atoms with Crippen LogP contribution in [0.15, 0.2) is 70.3 Å². The number of ketones is 2. The number of allylic oxidation sites excluding steroid dienone is 1. The molecule has 1 heterocycles. The molecule has 0 aliphatic carbocycles. The first-order valence-corrected chi connectivity index (χ1v) is 8.71. The molecule has 0 N–H and O–H groups in total. The third kappa shape index (κ3) is 3.44. The lowest BCUT2D eigenvalue weighted by Gasteiger charge is -2.16. The number of Topliss-reactive ketones (excluding diaryl/α,β-unsaturated/α-hetero) is 2. The van der Waals surface area contributed by atoms with Crippen LogP contribution in [0, 0.1) is 18.3 Å². The summed E-state index contributed by atoms with van der Waals surface area (Å²) in [5, 5.41) is 16.0. The Kier molecular flexibility index (Phi) is 5.01. The molecule has 0 unspecified atom stereocenters. The van der Waals surface area contributed by atoms with Crippen LogP contribution in [0.25, 0.3) is 0 Å². The number of thioether (sulfide) groups is 1. The molecular weight excluding hydrogens is 346 g/mol. The summed E-state index contributed by atoms with van der Waals surface area (Å²) in [6, 6.07) is 18.1. The van der Waals surface area contributed by atoms with Gasteiger partial charge in [0.2, 0.25) is 5.78 Å². The molecule has 128 valence electrons. The lowest BCUT2D eigenvalue weighted by molar-refractivity contribution is -0.110. The molecule has 2 aromatic carbocycles. The highest BCUT2D eigenvalue weighted by molar-refractivity contribution is 8.19. The predicted molar refractivity (Wildman–Crippen MR) is 103 cm³/mol. The number of hydrogen-bond donors (Lipinski definition) is 0. The molecule has 2 aromatic rings. The SMILES string of the molecule is CC(=O)C1=NN(c2ccc(C)cc2)/C(=C(\C#N)C(=O)c2ccccc2)S1. The lowest BCUT2D eigenvalue weighted by Crippen LogP contribution is -2.15. The molecule has 1 aliphatic heterocycles. The molecule has 0 saturated heterocycles. The zero-order valence-electron chi connectivity index (χ0n) is 14.3. The van der Waals surface area contributed by atoms with Gasteiger partial charge in [0.15, 0.2) is 10.8 Å². The number of carbonyl (C=O) groups excluding carboxylic acids is 2. The summed E-state index contributed by atoms with van der Waals surface area (Å²) < 4.78 is 0. The van der Waals surface area contributed by atoms with Crippen molar-refractivity contribution in [2.45, 2.75) is 13.8 Å². The van der Waals surface area contributed by atoms with Crippen LogP contribution in [0.2, 0.25) is 0 Å². The molecule has 0 amide bonds. The molecule has 0 radical (unpaired) electrons. The van der Waals surface area contributed by atoms with Gasteiger partial charge in [0.05, 0.1) is 5.69 Å². The summed E-state index contributed by atoms with van der Waals surface area (Å²) >= 11 is 1.04. The van der Waals surface area contributed by atoms with Crippen LogP contribution < -0.4 is 5.01 Å². The number of rotatable bonds is 4. The van der Waals surface area contributed by atoms with Crippen LogP contribution in [-0.2, 0) is 4.79 Å². The zero-order chi connectivity index (χ0) is 18.7. The molecule has 0 fully saturated rings. The van der Waals surface area contributed by atoms with Gasteiger partial charge in [-0.3, -0.25) is 9.59 Å². The van der Waals surface area contributed by atoms with E-state index < -0.39 is 5.78 Å². The smallest absolute Gasteiger partial charge is 0.206 e. The van der Waals surface area contributed by atoms with Gasteiger partial charge in [-0.05, 0) is 30.8 Å². The summed E-state index contributed by atoms with van der Waals surface area (Å²) in [5.41, 5.74) is 2.13. The molecule has 6 heteroatoms. The molecule has 3 rings (SSSR count). The largest absolute Gasteiger partial charge is 0.292 e. The fourth-order valence-corrected chi connectivity index (χ4v) is 3.30. The zero-order valence-corrected chi connectivity index (χ0v) is 15.1. The molecule has 0 bridgehead atoms. The van der Waals surface area contributed by atoms with Crippen molar-refractivity contribution in [2.24, 2.45) is 5.10 Å². The van der Waals surface area contributed by atoms with Crippen molar-refractivity contribution in [1.29, 1.82) is 5.26 Å². The number of aryl methyl sites for hydroxylation is 1. The molecule has 0 atom stereocenters. The van der Waals surface area contributed by atoms with Gasteiger partial charge in [-0.2, -0.15) is 10.4 Å². The Balaban J connectivity index is 2.11. The number of nitriles is 1. The van der Waals surface area contributed by atoms with Crippen molar-refractivity contribution in [2.75, 3.05) is 5.01 Å². The third-order valence-corrected chi connectivity index (χ3v) is 4.88. The highest BCUT2D eigenvalue weighted by Crippen LogP contribution is 2.37. The number of benzene rings is 2. The van der Waals surface area contributed by atoms with Gasteiger partial charge < -0.3 is 0 Å². The Morgan fingerprint density at radius 2 is 1.73 bits per heavy atom. The number of hydrazone groups is 1. The fourth-order valence-electron chi connectivity index (χ4n) is 2.38. The van der Waals surface area contributed by atoms with E-state index in [1.165, 1.54) is 11.9 Å². The van der Waals surface area contributed by atoms with Crippen molar-refractivity contribution in [3.63, 3.8) is 0 Å². The van der Waals surface area contributed by atoms with Crippen LogP contribution >= 0.6 is 11.8 Å². The highest BCUT2D eigenvalue weighted by atomic mass is 32.2. The maximum atomic E-state index is 12.8. The van der Waals surface area contributed by atoms with Gasteiger partial charge in [-0.15, -0.1) is 0 Å². The van der Waals surface area contributed by atoms with E-state index in [2.05, 4.69) is 5.10 Å². The number of hydrogen-bond acceptors (Lipinski definition) is 6. The second-order valence-corrected chi connectivity index (χ2v) is 6.68. The first kappa shape index (κ1) is 17.6. The van der Waals surface area contributed by atoms with E-state index in [4.69, 9.17) is 0 Å². The van der Waals surface area contributed by atoms with Crippen LogP contribution in [0.3, 0.4) is 0 Å². The first-order chi connectivity index (χ1) is 12.5. The summed E-state index contributed by atoms with van der Waals surface area (Å²) in [6.07, 6.45) is 0. The van der Waals surface area contributed by atoms with Crippen molar-refractivity contribution in [3.8, 4) is 6.07 Å². The van der Waals surface area contributed by atoms with Gasteiger partial charge in [-0.1, -0.05) is 48.0 Å². The van der Waals surface area contributed by atoms with Crippen molar-refractivity contribution < 1.29 is 9.59 Å². The van der Waals surface area contributed by atoms with Crippen LogP contribution in [-0.4, -0.2) is 16.6 Å². The van der Waals surface area contributed by atoms with E-state index in [0.717, 1.165) is 17.3 Å². The Morgan fingerprint density at radius 1 is 1.08 bits per heavy atom.